The number of sulfonamides is 1. The Morgan fingerprint density at radius 3 is 2.61 bits per heavy atom. The molecule has 0 bridgehead atoms. The van der Waals surface area contributed by atoms with Gasteiger partial charge in [-0.1, -0.05) is 13.8 Å². The van der Waals surface area contributed by atoms with Crippen molar-refractivity contribution in [2.24, 2.45) is 0 Å². The number of ether oxygens (including phenoxy) is 1. The first-order valence-electron chi connectivity index (χ1n) is 5.99. The van der Waals surface area contributed by atoms with Crippen LogP contribution in [0.5, 0.6) is 5.75 Å². The van der Waals surface area contributed by atoms with Gasteiger partial charge in [-0.2, -0.15) is 0 Å². The number of rotatable bonds is 5. The normalized spacial score (nSPS) is 15.8. The van der Waals surface area contributed by atoms with Gasteiger partial charge in [0.25, 0.3) is 0 Å². The maximum Gasteiger partial charge on any atom is 0.231 e. The third-order valence-electron chi connectivity index (χ3n) is 2.64. The second kappa shape index (κ2) is 4.76. The predicted octanol–water partition coefficient (Wildman–Crippen LogP) is 2.12. The molecular formula is C12H18N2O3S. The summed E-state index contributed by atoms with van der Waals surface area (Å²) in [6.07, 6.45) is 5.02. The molecule has 0 atom stereocenters. The Labute approximate surface area is 108 Å². The number of nitrogens with one attached hydrogen (secondary N) is 1. The van der Waals surface area contributed by atoms with Crippen molar-refractivity contribution in [3.63, 3.8) is 0 Å². The maximum absolute atomic E-state index is 11.3. The predicted molar refractivity (Wildman–Crippen MR) is 70.4 cm³/mol. The van der Waals surface area contributed by atoms with Crippen LogP contribution in [-0.2, 0) is 10.0 Å². The van der Waals surface area contributed by atoms with E-state index in [1.165, 1.54) is 0 Å². The van der Waals surface area contributed by atoms with Crippen molar-refractivity contribution in [2.45, 2.75) is 38.7 Å². The number of hydrogen-bond donors (Lipinski definition) is 1. The van der Waals surface area contributed by atoms with Crippen molar-refractivity contribution < 1.29 is 13.2 Å². The Bertz CT molecular complexity index is 536. The summed E-state index contributed by atoms with van der Waals surface area (Å²) in [6, 6.07) is 1.86. The van der Waals surface area contributed by atoms with E-state index in [2.05, 4.69) is 23.6 Å². The number of hydrogen-bond acceptors (Lipinski definition) is 4. The van der Waals surface area contributed by atoms with E-state index >= 15 is 0 Å². The van der Waals surface area contributed by atoms with Crippen LogP contribution in [0.3, 0.4) is 0 Å². The van der Waals surface area contributed by atoms with Crippen LogP contribution in [0.15, 0.2) is 12.3 Å². The monoisotopic (exact) mass is 270 g/mol. The Hall–Kier alpha value is -1.30. The highest BCUT2D eigenvalue weighted by atomic mass is 32.2. The average molecular weight is 270 g/mol. The fraction of sp³-hybridized carbons (Fsp3) is 0.583. The average Bonchev–Trinajstić information content (AvgIpc) is 3.02. The van der Waals surface area contributed by atoms with Crippen molar-refractivity contribution in [1.29, 1.82) is 0 Å². The molecule has 0 aromatic carbocycles. The van der Waals surface area contributed by atoms with Crippen molar-refractivity contribution in [2.75, 3.05) is 11.0 Å². The van der Waals surface area contributed by atoms with Crippen LogP contribution in [-0.4, -0.2) is 25.8 Å². The van der Waals surface area contributed by atoms with Crippen molar-refractivity contribution >= 4 is 15.8 Å². The quantitative estimate of drug-likeness (QED) is 0.889. The van der Waals surface area contributed by atoms with Gasteiger partial charge in [-0.25, -0.2) is 13.4 Å². The van der Waals surface area contributed by atoms with Crippen LogP contribution >= 0.6 is 0 Å². The van der Waals surface area contributed by atoms with E-state index in [0.717, 1.165) is 24.7 Å². The second-order valence-electron chi connectivity index (χ2n) is 4.96. The highest BCUT2D eigenvalue weighted by Gasteiger charge is 2.25. The summed E-state index contributed by atoms with van der Waals surface area (Å²) < 4.78 is 30.6. The van der Waals surface area contributed by atoms with E-state index < -0.39 is 10.0 Å². The van der Waals surface area contributed by atoms with Gasteiger partial charge in [-0.05, 0) is 30.4 Å². The maximum atomic E-state index is 11.3. The summed E-state index contributed by atoms with van der Waals surface area (Å²) in [4.78, 5) is 4.15. The third-order valence-corrected chi connectivity index (χ3v) is 3.20. The Kier molecular flexibility index (Phi) is 3.47. The molecule has 1 aliphatic carbocycles. The molecule has 1 aromatic rings. The third kappa shape index (κ3) is 3.60. The van der Waals surface area contributed by atoms with E-state index in [1.54, 1.807) is 6.20 Å². The minimum absolute atomic E-state index is 0.203. The van der Waals surface area contributed by atoms with Crippen molar-refractivity contribution in [3.05, 3.63) is 17.8 Å². The lowest BCUT2D eigenvalue weighted by Gasteiger charge is -2.13. The molecule has 1 N–H and O–H groups in total. The number of aromatic nitrogens is 1. The Balaban J connectivity index is 2.31. The van der Waals surface area contributed by atoms with Gasteiger partial charge in [0.2, 0.25) is 10.0 Å². The summed E-state index contributed by atoms with van der Waals surface area (Å²) in [5, 5.41) is 0. The van der Waals surface area contributed by atoms with Crippen LogP contribution in [0.1, 0.15) is 38.2 Å². The SMILES string of the molecule is CC(C)c1cnc(NS(C)(=O)=O)c(OC2CC2)c1. The smallest absolute Gasteiger partial charge is 0.231 e. The van der Waals surface area contributed by atoms with Crippen LogP contribution in [0, 0.1) is 0 Å². The van der Waals surface area contributed by atoms with Gasteiger partial charge in [0.15, 0.2) is 11.6 Å². The van der Waals surface area contributed by atoms with Gasteiger partial charge >= 0.3 is 0 Å². The minimum atomic E-state index is -3.34. The topological polar surface area (TPSA) is 68.3 Å². The standard InChI is InChI=1S/C12H18N2O3S/c1-8(2)9-6-11(17-10-4-5-10)12(13-7-9)14-18(3,15)16/h6-8,10H,4-5H2,1-3H3,(H,13,14). The molecular weight excluding hydrogens is 252 g/mol. The van der Waals surface area contributed by atoms with Crippen LogP contribution in [0.25, 0.3) is 0 Å². The molecule has 6 heteroatoms. The molecule has 5 nitrogen and oxygen atoms in total. The largest absolute Gasteiger partial charge is 0.487 e. The first-order chi connectivity index (χ1) is 8.35. The molecule has 1 aliphatic rings. The molecule has 1 heterocycles. The molecule has 18 heavy (non-hydrogen) atoms. The molecule has 0 spiro atoms. The summed E-state index contributed by atoms with van der Waals surface area (Å²) >= 11 is 0. The summed E-state index contributed by atoms with van der Waals surface area (Å²) in [5.41, 5.74) is 1.03. The molecule has 0 amide bonds. The first-order valence-corrected chi connectivity index (χ1v) is 7.88. The van der Waals surface area contributed by atoms with Crippen LogP contribution < -0.4 is 9.46 Å². The summed E-state index contributed by atoms with van der Waals surface area (Å²) in [6.45, 7) is 4.11. The highest BCUT2D eigenvalue weighted by Crippen LogP contribution is 2.33. The molecule has 0 radical (unpaired) electrons. The fourth-order valence-electron chi connectivity index (χ4n) is 1.48. The second-order valence-corrected chi connectivity index (χ2v) is 6.71. The van der Waals surface area contributed by atoms with Gasteiger partial charge in [-0.3, -0.25) is 4.72 Å². The zero-order valence-corrected chi connectivity index (χ0v) is 11.6. The van der Waals surface area contributed by atoms with Gasteiger partial charge in [0, 0.05) is 6.20 Å². The number of pyridine rings is 1. The molecule has 2 rings (SSSR count). The fourth-order valence-corrected chi connectivity index (χ4v) is 1.99. The summed E-state index contributed by atoms with van der Waals surface area (Å²) in [5.74, 6) is 1.12. The lowest BCUT2D eigenvalue weighted by atomic mass is 10.1. The van der Waals surface area contributed by atoms with E-state index in [1.807, 2.05) is 6.07 Å². The highest BCUT2D eigenvalue weighted by molar-refractivity contribution is 7.92. The van der Waals surface area contributed by atoms with Crippen molar-refractivity contribution in [3.8, 4) is 5.75 Å². The van der Waals surface area contributed by atoms with E-state index in [-0.39, 0.29) is 11.9 Å². The first kappa shape index (κ1) is 13.1. The molecule has 0 aliphatic heterocycles. The Morgan fingerprint density at radius 2 is 2.11 bits per heavy atom. The van der Waals surface area contributed by atoms with Gasteiger partial charge in [0.1, 0.15) is 0 Å². The molecule has 100 valence electrons. The summed E-state index contributed by atoms with van der Waals surface area (Å²) in [7, 11) is -3.34. The molecule has 1 aromatic heterocycles. The number of anilines is 1. The van der Waals surface area contributed by atoms with Crippen LogP contribution in [0.4, 0.5) is 5.82 Å². The molecule has 0 saturated heterocycles. The van der Waals surface area contributed by atoms with E-state index in [0.29, 0.717) is 11.7 Å². The van der Waals surface area contributed by atoms with Crippen LogP contribution in [0.2, 0.25) is 0 Å². The molecule has 1 fully saturated rings. The Morgan fingerprint density at radius 1 is 1.44 bits per heavy atom. The molecule has 1 saturated carbocycles. The minimum Gasteiger partial charge on any atom is -0.487 e. The zero-order chi connectivity index (χ0) is 13.3. The van der Waals surface area contributed by atoms with E-state index in [9.17, 15) is 8.42 Å². The van der Waals surface area contributed by atoms with Gasteiger partial charge < -0.3 is 4.74 Å². The van der Waals surface area contributed by atoms with Gasteiger partial charge in [0.05, 0.1) is 12.4 Å². The van der Waals surface area contributed by atoms with E-state index in [4.69, 9.17) is 4.74 Å². The van der Waals surface area contributed by atoms with Gasteiger partial charge in [-0.15, -0.1) is 0 Å². The lowest BCUT2D eigenvalue weighted by Crippen LogP contribution is -2.13. The molecule has 0 unspecified atom stereocenters. The number of nitrogens with zero attached hydrogens (tertiary/aromatic N) is 1. The zero-order valence-electron chi connectivity index (χ0n) is 10.8. The van der Waals surface area contributed by atoms with Crippen molar-refractivity contribution in [1.82, 2.24) is 4.98 Å². The lowest BCUT2D eigenvalue weighted by molar-refractivity contribution is 0.303.